The highest BCUT2D eigenvalue weighted by molar-refractivity contribution is 14.1. The molecule has 1 heterocycles. The average Bonchev–Trinajstić information content (AvgIpc) is 2.49. The van der Waals surface area contributed by atoms with Crippen molar-refractivity contribution in [3.63, 3.8) is 0 Å². The summed E-state index contributed by atoms with van der Waals surface area (Å²) in [6, 6.07) is 6.23. The molecule has 0 radical (unpaired) electrons. The lowest BCUT2D eigenvalue weighted by Crippen LogP contribution is -2.31. The van der Waals surface area contributed by atoms with E-state index in [0.29, 0.717) is 0 Å². The van der Waals surface area contributed by atoms with Gasteiger partial charge in [-0.15, -0.1) is 0 Å². The van der Waals surface area contributed by atoms with Crippen LogP contribution in [0.3, 0.4) is 0 Å². The number of nitrogens with two attached hydrogens (primary N) is 1. The molecule has 1 aliphatic heterocycles. The van der Waals surface area contributed by atoms with Crippen LogP contribution in [-0.4, -0.2) is 10.9 Å². The Morgan fingerprint density at radius 3 is 2.85 bits per heavy atom. The number of fused-ring (bicyclic) bond motifs is 1. The van der Waals surface area contributed by atoms with Crippen LogP contribution in [0.1, 0.15) is 11.1 Å². The molecule has 13 heavy (non-hydrogen) atoms. The Balaban J connectivity index is 2.35. The number of nitrogens with zero attached hydrogens (tertiary/aromatic N) is 1. The number of nitrogens with one attached hydrogen (secondary N) is 1. The van der Waals surface area contributed by atoms with Crippen molar-refractivity contribution >= 4 is 28.6 Å². The summed E-state index contributed by atoms with van der Waals surface area (Å²) in [6.45, 7) is 1.56. The molecular weight excluding hydrogens is 277 g/mol. The molecule has 0 atom stereocenters. The van der Waals surface area contributed by atoms with Gasteiger partial charge in [-0.3, -0.25) is 5.41 Å². The molecular formula is C9H10IN3. The quantitative estimate of drug-likeness (QED) is 0.431. The van der Waals surface area contributed by atoms with Gasteiger partial charge in [0.25, 0.3) is 0 Å². The molecule has 0 amide bonds. The fourth-order valence-corrected chi connectivity index (χ4v) is 2.28. The van der Waals surface area contributed by atoms with E-state index in [1.54, 1.807) is 0 Å². The van der Waals surface area contributed by atoms with Gasteiger partial charge in [-0.2, -0.15) is 0 Å². The van der Waals surface area contributed by atoms with Gasteiger partial charge in [0.2, 0.25) is 0 Å². The third-order valence-electron chi connectivity index (χ3n) is 2.27. The summed E-state index contributed by atoms with van der Waals surface area (Å²) in [6.07, 6.45) is 0. The minimum Gasteiger partial charge on any atom is -0.370 e. The Morgan fingerprint density at radius 2 is 2.23 bits per heavy atom. The van der Waals surface area contributed by atoms with Crippen molar-refractivity contribution in [3.05, 3.63) is 32.9 Å². The Hall–Kier alpha value is -0.780. The summed E-state index contributed by atoms with van der Waals surface area (Å²) in [5.41, 5.74) is 8.05. The van der Waals surface area contributed by atoms with Crippen molar-refractivity contribution < 1.29 is 0 Å². The van der Waals surface area contributed by atoms with Crippen molar-refractivity contribution in [1.82, 2.24) is 4.90 Å². The summed E-state index contributed by atoms with van der Waals surface area (Å²) < 4.78 is 1.26. The first-order valence-corrected chi connectivity index (χ1v) is 5.11. The Bertz CT molecular complexity index is 362. The molecule has 1 aromatic rings. The zero-order valence-corrected chi connectivity index (χ0v) is 9.21. The second-order valence-electron chi connectivity index (χ2n) is 3.12. The number of hydrogen-bond acceptors (Lipinski definition) is 1. The predicted octanol–water partition coefficient (Wildman–Crippen LogP) is 1.50. The topological polar surface area (TPSA) is 53.1 Å². The highest BCUT2D eigenvalue weighted by Crippen LogP contribution is 2.26. The fraction of sp³-hybridized carbons (Fsp3) is 0.222. The van der Waals surface area contributed by atoms with Crippen molar-refractivity contribution in [3.8, 4) is 0 Å². The van der Waals surface area contributed by atoms with Gasteiger partial charge in [-0.05, 0) is 39.8 Å². The maximum Gasteiger partial charge on any atom is 0.188 e. The molecule has 0 aliphatic carbocycles. The third-order valence-corrected chi connectivity index (χ3v) is 3.28. The van der Waals surface area contributed by atoms with Crippen LogP contribution < -0.4 is 5.73 Å². The second kappa shape index (κ2) is 3.17. The van der Waals surface area contributed by atoms with Gasteiger partial charge in [-0.1, -0.05) is 12.1 Å². The summed E-state index contributed by atoms with van der Waals surface area (Å²) in [5, 5.41) is 7.34. The minimum atomic E-state index is 0.159. The molecule has 0 aromatic heterocycles. The molecule has 4 heteroatoms. The zero-order valence-electron chi connectivity index (χ0n) is 7.05. The van der Waals surface area contributed by atoms with Gasteiger partial charge in [0.15, 0.2) is 5.96 Å². The fourth-order valence-electron chi connectivity index (χ4n) is 1.55. The van der Waals surface area contributed by atoms with Gasteiger partial charge < -0.3 is 10.6 Å². The summed E-state index contributed by atoms with van der Waals surface area (Å²) in [5.74, 6) is 0.159. The summed E-state index contributed by atoms with van der Waals surface area (Å²) >= 11 is 2.32. The molecule has 0 spiro atoms. The van der Waals surface area contributed by atoms with Crippen molar-refractivity contribution in [2.45, 2.75) is 13.1 Å². The number of guanidine groups is 1. The maximum absolute atomic E-state index is 7.34. The molecule has 0 bridgehead atoms. The van der Waals surface area contributed by atoms with E-state index < -0.39 is 0 Å². The van der Waals surface area contributed by atoms with E-state index in [1.807, 2.05) is 11.0 Å². The van der Waals surface area contributed by atoms with Gasteiger partial charge in [0, 0.05) is 16.7 Å². The van der Waals surface area contributed by atoms with Crippen LogP contribution in [-0.2, 0) is 13.1 Å². The molecule has 0 fully saturated rings. The van der Waals surface area contributed by atoms with Crippen LogP contribution in [0.2, 0.25) is 0 Å². The molecule has 1 aliphatic rings. The summed E-state index contributed by atoms with van der Waals surface area (Å²) in [7, 11) is 0. The number of rotatable bonds is 0. The van der Waals surface area contributed by atoms with Gasteiger partial charge in [0.1, 0.15) is 0 Å². The van der Waals surface area contributed by atoms with E-state index in [2.05, 4.69) is 34.7 Å². The molecule has 0 saturated carbocycles. The molecule has 3 nitrogen and oxygen atoms in total. The van der Waals surface area contributed by atoms with Crippen LogP contribution in [0.25, 0.3) is 0 Å². The van der Waals surface area contributed by atoms with Crippen LogP contribution >= 0.6 is 22.6 Å². The van der Waals surface area contributed by atoms with E-state index in [9.17, 15) is 0 Å². The van der Waals surface area contributed by atoms with Crippen LogP contribution in [0.15, 0.2) is 18.2 Å². The standard InChI is InChI=1S/C9H10IN3/c10-8-3-1-2-6-4-13(9(11)12)5-7(6)8/h1-3H,4-5H2,(H3,11,12). The highest BCUT2D eigenvalue weighted by Gasteiger charge is 2.20. The van der Waals surface area contributed by atoms with Crippen LogP contribution in [0, 0.1) is 8.98 Å². The smallest absolute Gasteiger partial charge is 0.188 e. The maximum atomic E-state index is 7.34. The monoisotopic (exact) mass is 287 g/mol. The largest absolute Gasteiger partial charge is 0.370 e. The van der Waals surface area contributed by atoms with E-state index in [-0.39, 0.29) is 5.96 Å². The predicted molar refractivity (Wildman–Crippen MR) is 60.3 cm³/mol. The lowest BCUT2D eigenvalue weighted by molar-refractivity contribution is 0.438. The summed E-state index contributed by atoms with van der Waals surface area (Å²) in [4.78, 5) is 1.87. The van der Waals surface area contributed by atoms with E-state index in [1.165, 1.54) is 14.7 Å². The number of halogens is 1. The Morgan fingerprint density at radius 1 is 1.46 bits per heavy atom. The SMILES string of the molecule is N=C(N)N1Cc2cccc(I)c2C1. The first-order valence-electron chi connectivity index (χ1n) is 4.03. The Labute approximate surface area is 90.6 Å². The molecule has 2 rings (SSSR count). The van der Waals surface area contributed by atoms with E-state index in [0.717, 1.165) is 13.1 Å². The number of hydrogen-bond donors (Lipinski definition) is 2. The molecule has 3 N–H and O–H groups in total. The third kappa shape index (κ3) is 1.50. The molecule has 0 saturated heterocycles. The normalized spacial score (nSPS) is 14.4. The van der Waals surface area contributed by atoms with E-state index >= 15 is 0 Å². The minimum absolute atomic E-state index is 0.159. The second-order valence-corrected chi connectivity index (χ2v) is 4.28. The average molecular weight is 287 g/mol. The highest BCUT2D eigenvalue weighted by atomic mass is 127. The van der Waals surface area contributed by atoms with Crippen LogP contribution in [0.5, 0.6) is 0 Å². The van der Waals surface area contributed by atoms with Crippen molar-refractivity contribution in [1.29, 1.82) is 5.41 Å². The zero-order chi connectivity index (χ0) is 9.42. The molecule has 1 aromatic carbocycles. The lowest BCUT2D eigenvalue weighted by atomic mass is 10.1. The van der Waals surface area contributed by atoms with E-state index in [4.69, 9.17) is 11.1 Å². The van der Waals surface area contributed by atoms with Gasteiger partial charge >= 0.3 is 0 Å². The van der Waals surface area contributed by atoms with Crippen molar-refractivity contribution in [2.24, 2.45) is 5.73 Å². The molecule has 68 valence electrons. The lowest BCUT2D eigenvalue weighted by Gasteiger charge is -2.13. The first kappa shape index (κ1) is 8.80. The van der Waals surface area contributed by atoms with Gasteiger partial charge in [0.05, 0.1) is 0 Å². The van der Waals surface area contributed by atoms with Crippen molar-refractivity contribution in [2.75, 3.05) is 0 Å². The number of benzene rings is 1. The van der Waals surface area contributed by atoms with Crippen LogP contribution in [0.4, 0.5) is 0 Å². The molecule has 0 unspecified atom stereocenters. The Kier molecular flexibility index (Phi) is 2.15. The first-order chi connectivity index (χ1) is 6.18. The van der Waals surface area contributed by atoms with Gasteiger partial charge in [-0.25, -0.2) is 0 Å².